The van der Waals surface area contributed by atoms with Crippen LogP contribution < -0.4 is 5.32 Å². The smallest absolute Gasteiger partial charge is 0.214 e. The van der Waals surface area contributed by atoms with Gasteiger partial charge in [0.15, 0.2) is 0 Å². The Morgan fingerprint density at radius 2 is 1.83 bits per heavy atom. The molecule has 2 aliphatic heterocycles. The van der Waals surface area contributed by atoms with Crippen LogP contribution in [-0.2, 0) is 14.8 Å². The Hall–Kier alpha value is -0.170. The van der Waals surface area contributed by atoms with E-state index in [0.717, 1.165) is 37.2 Å². The van der Waals surface area contributed by atoms with Crippen molar-refractivity contribution in [2.75, 3.05) is 38.5 Å². The van der Waals surface area contributed by atoms with Gasteiger partial charge in [0.25, 0.3) is 0 Å². The molecule has 24 heavy (non-hydrogen) atoms. The van der Waals surface area contributed by atoms with Crippen molar-refractivity contribution in [2.24, 2.45) is 17.8 Å². The van der Waals surface area contributed by atoms with Crippen LogP contribution in [-0.4, -0.2) is 57.4 Å². The van der Waals surface area contributed by atoms with Gasteiger partial charge in [0.1, 0.15) is 0 Å². The highest BCUT2D eigenvalue weighted by Crippen LogP contribution is 2.49. The summed E-state index contributed by atoms with van der Waals surface area (Å²) in [5, 5.41) is 3.45. The number of hydrogen-bond donors (Lipinski definition) is 1. The Labute approximate surface area is 147 Å². The van der Waals surface area contributed by atoms with E-state index in [0.29, 0.717) is 19.5 Å². The summed E-state index contributed by atoms with van der Waals surface area (Å²) < 4.78 is 31.9. The molecule has 140 valence electrons. The van der Waals surface area contributed by atoms with Gasteiger partial charge < -0.3 is 10.1 Å². The third-order valence-corrected chi connectivity index (χ3v) is 8.14. The zero-order valence-electron chi connectivity index (χ0n) is 15.1. The molecule has 3 aliphatic rings. The Morgan fingerprint density at radius 3 is 2.50 bits per heavy atom. The van der Waals surface area contributed by atoms with Crippen molar-refractivity contribution in [1.29, 1.82) is 0 Å². The number of nitrogens with one attached hydrogen (secondary N) is 1. The molecule has 0 aromatic carbocycles. The molecule has 1 aliphatic carbocycles. The number of rotatable bonds is 8. The van der Waals surface area contributed by atoms with Crippen LogP contribution in [0.5, 0.6) is 0 Å². The van der Waals surface area contributed by atoms with Gasteiger partial charge in [-0.1, -0.05) is 6.92 Å². The van der Waals surface area contributed by atoms with Gasteiger partial charge in [-0.2, -0.15) is 0 Å². The summed E-state index contributed by atoms with van der Waals surface area (Å²) in [7, 11) is -3.03. The van der Waals surface area contributed by atoms with Crippen molar-refractivity contribution in [3.63, 3.8) is 0 Å². The first-order valence-corrected chi connectivity index (χ1v) is 11.5. The molecule has 2 heterocycles. The second-order valence-electron chi connectivity index (χ2n) is 7.82. The highest BCUT2D eigenvalue weighted by atomic mass is 32.2. The molecule has 3 fully saturated rings. The molecule has 0 aromatic rings. The fourth-order valence-corrected chi connectivity index (χ4v) is 6.04. The van der Waals surface area contributed by atoms with Crippen molar-refractivity contribution < 1.29 is 13.2 Å². The summed E-state index contributed by atoms with van der Waals surface area (Å²) >= 11 is 0. The molecular formula is C18H34N2O3S. The molecule has 6 heteroatoms. The van der Waals surface area contributed by atoms with E-state index in [4.69, 9.17) is 4.74 Å². The topological polar surface area (TPSA) is 58.6 Å². The van der Waals surface area contributed by atoms with Crippen LogP contribution in [0.1, 0.15) is 51.9 Å². The van der Waals surface area contributed by atoms with Gasteiger partial charge in [-0.25, -0.2) is 12.7 Å². The zero-order valence-corrected chi connectivity index (χ0v) is 15.9. The summed E-state index contributed by atoms with van der Waals surface area (Å²) in [5.74, 6) is 3.07. The van der Waals surface area contributed by atoms with Gasteiger partial charge in [0, 0.05) is 19.7 Å². The van der Waals surface area contributed by atoms with Gasteiger partial charge in [-0.3, -0.25) is 0 Å². The van der Waals surface area contributed by atoms with Crippen molar-refractivity contribution in [3.05, 3.63) is 0 Å². The van der Waals surface area contributed by atoms with Gasteiger partial charge in [-0.15, -0.1) is 0 Å². The van der Waals surface area contributed by atoms with E-state index in [-0.39, 0.29) is 11.9 Å². The van der Waals surface area contributed by atoms with Crippen molar-refractivity contribution in [3.8, 4) is 0 Å². The lowest BCUT2D eigenvalue weighted by molar-refractivity contribution is 0.0174. The molecule has 0 radical (unpaired) electrons. The zero-order chi connectivity index (χ0) is 17.0. The maximum atomic E-state index is 12.1. The predicted molar refractivity (Wildman–Crippen MR) is 96.4 cm³/mol. The lowest BCUT2D eigenvalue weighted by atomic mass is 9.91. The first-order chi connectivity index (χ1) is 11.6. The van der Waals surface area contributed by atoms with Gasteiger partial charge in [0.2, 0.25) is 10.0 Å². The number of ether oxygens (including phenoxy) is 1. The first-order valence-electron chi connectivity index (χ1n) is 9.90. The van der Waals surface area contributed by atoms with Gasteiger partial charge in [-0.05, 0) is 75.8 Å². The lowest BCUT2D eigenvalue weighted by Gasteiger charge is -2.31. The van der Waals surface area contributed by atoms with E-state index in [1.165, 1.54) is 38.8 Å². The fraction of sp³-hybridized carbons (Fsp3) is 1.00. The highest BCUT2D eigenvalue weighted by Gasteiger charge is 2.42. The average Bonchev–Trinajstić information content (AvgIpc) is 3.36. The lowest BCUT2D eigenvalue weighted by Crippen LogP contribution is -2.41. The van der Waals surface area contributed by atoms with Crippen molar-refractivity contribution >= 4 is 10.0 Å². The van der Waals surface area contributed by atoms with Gasteiger partial charge in [0.05, 0.1) is 11.9 Å². The van der Waals surface area contributed by atoms with E-state index < -0.39 is 10.0 Å². The average molecular weight is 359 g/mol. The molecule has 0 spiro atoms. The van der Waals surface area contributed by atoms with Crippen LogP contribution in [0.4, 0.5) is 0 Å². The molecule has 0 aromatic heterocycles. The monoisotopic (exact) mass is 358 g/mol. The van der Waals surface area contributed by atoms with Crippen LogP contribution in [0.15, 0.2) is 0 Å². The molecule has 3 rings (SSSR count). The van der Waals surface area contributed by atoms with E-state index in [9.17, 15) is 8.42 Å². The molecule has 0 amide bonds. The molecule has 2 saturated heterocycles. The highest BCUT2D eigenvalue weighted by molar-refractivity contribution is 7.89. The van der Waals surface area contributed by atoms with Crippen LogP contribution in [0, 0.1) is 17.8 Å². The largest absolute Gasteiger partial charge is 0.378 e. The van der Waals surface area contributed by atoms with E-state index in [1.807, 2.05) is 6.92 Å². The van der Waals surface area contributed by atoms with Crippen LogP contribution in [0.2, 0.25) is 0 Å². The maximum Gasteiger partial charge on any atom is 0.214 e. The SMILES string of the molecule is CCCS(=O)(=O)N1CCC(OCC[C@@H]2CC2C2CCNCC2)CC1. The van der Waals surface area contributed by atoms with Crippen molar-refractivity contribution in [1.82, 2.24) is 9.62 Å². The molecule has 1 unspecified atom stereocenters. The molecule has 2 atom stereocenters. The van der Waals surface area contributed by atoms with Gasteiger partial charge >= 0.3 is 0 Å². The maximum absolute atomic E-state index is 12.1. The predicted octanol–water partition coefficient (Wildman–Crippen LogP) is 2.23. The van der Waals surface area contributed by atoms with Crippen LogP contribution in [0.3, 0.4) is 0 Å². The Bertz CT molecular complexity index is 482. The molecular weight excluding hydrogens is 324 g/mol. The Morgan fingerprint density at radius 1 is 1.12 bits per heavy atom. The summed E-state index contributed by atoms with van der Waals surface area (Å²) in [6.45, 7) is 6.44. The summed E-state index contributed by atoms with van der Waals surface area (Å²) in [6, 6.07) is 0. The quantitative estimate of drug-likeness (QED) is 0.723. The number of nitrogens with zero attached hydrogens (tertiary/aromatic N) is 1. The molecule has 1 N–H and O–H groups in total. The number of sulfonamides is 1. The minimum atomic E-state index is -3.03. The van der Waals surface area contributed by atoms with E-state index in [1.54, 1.807) is 4.31 Å². The fourth-order valence-electron chi connectivity index (χ4n) is 4.50. The molecule has 5 nitrogen and oxygen atoms in total. The second-order valence-corrected chi connectivity index (χ2v) is 9.91. The Kier molecular flexibility index (Phi) is 6.57. The third kappa shape index (κ3) is 4.93. The normalized spacial score (nSPS) is 30.5. The van der Waals surface area contributed by atoms with E-state index in [2.05, 4.69) is 5.32 Å². The Balaban J connectivity index is 1.29. The summed E-state index contributed by atoms with van der Waals surface area (Å²) in [6.07, 6.45) is 7.97. The summed E-state index contributed by atoms with van der Waals surface area (Å²) in [4.78, 5) is 0. The van der Waals surface area contributed by atoms with Crippen LogP contribution in [0.25, 0.3) is 0 Å². The minimum Gasteiger partial charge on any atom is -0.378 e. The summed E-state index contributed by atoms with van der Waals surface area (Å²) in [5.41, 5.74) is 0. The molecule has 1 saturated carbocycles. The van der Waals surface area contributed by atoms with Crippen LogP contribution >= 0.6 is 0 Å². The first kappa shape index (κ1) is 18.6. The standard InChI is InChI=1S/C18H34N2O3S/c1-2-13-24(21,22)20-10-5-17(6-11-20)23-12-7-16-14-18(16)15-3-8-19-9-4-15/h15-19H,2-14H2,1H3/t16-,18?/m1/s1. The third-order valence-electron chi connectivity index (χ3n) is 6.07. The molecule has 0 bridgehead atoms. The minimum absolute atomic E-state index is 0.258. The van der Waals surface area contributed by atoms with E-state index >= 15 is 0 Å². The number of piperidine rings is 2. The second kappa shape index (κ2) is 8.47. The number of hydrogen-bond acceptors (Lipinski definition) is 4. The van der Waals surface area contributed by atoms with Crippen molar-refractivity contribution in [2.45, 2.75) is 58.0 Å².